The lowest BCUT2D eigenvalue weighted by molar-refractivity contribution is 0.202. The highest BCUT2D eigenvalue weighted by Crippen LogP contribution is 2.31. The van der Waals surface area contributed by atoms with Crippen LogP contribution in [0.5, 0.6) is 0 Å². The number of nitrogens with zero attached hydrogens (tertiary/aromatic N) is 10. The third-order valence-electron chi connectivity index (χ3n) is 9.99. The Labute approximate surface area is 314 Å². The summed E-state index contributed by atoms with van der Waals surface area (Å²) < 4.78 is 0. The molecular weight excluding hydrogens is 691 g/mol. The zero-order valence-corrected chi connectivity index (χ0v) is 30.0. The number of nitriles is 2. The molecule has 12 heteroatoms. The molecule has 4 atom stereocenters. The first-order valence-corrected chi connectivity index (χ1v) is 18.2. The van der Waals surface area contributed by atoms with Crippen LogP contribution in [0.2, 0.25) is 10.0 Å². The minimum atomic E-state index is 0.276. The van der Waals surface area contributed by atoms with Crippen LogP contribution in [0, 0.1) is 46.3 Å². The minimum absolute atomic E-state index is 0.276. The molecule has 4 aliphatic rings. The average Bonchev–Trinajstić information content (AvgIpc) is 3.79. The number of fused-ring (bicyclic) bond motifs is 2. The van der Waals surface area contributed by atoms with Gasteiger partial charge in [-0.2, -0.15) is 10.5 Å². The van der Waals surface area contributed by atoms with E-state index in [2.05, 4.69) is 75.4 Å². The van der Waals surface area contributed by atoms with Gasteiger partial charge in [0, 0.05) is 97.3 Å². The molecule has 4 fully saturated rings. The Morgan fingerprint density at radius 2 is 1.02 bits per heavy atom. The molecule has 4 aromatic rings. The second kappa shape index (κ2) is 16.4. The molecule has 0 saturated carbocycles. The van der Waals surface area contributed by atoms with Gasteiger partial charge in [-0.15, -0.1) is 0 Å². The maximum absolute atomic E-state index is 9.26. The van der Waals surface area contributed by atoms with Crippen LogP contribution < -0.4 is 9.80 Å². The Balaban J connectivity index is 0.000000162. The number of hydrogen-bond donors (Lipinski definition) is 0. The van der Waals surface area contributed by atoms with Crippen LogP contribution in [-0.2, 0) is 0 Å². The Morgan fingerprint density at radius 3 is 1.44 bits per heavy atom. The molecule has 0 aliphatic carbocycles. The molecule has 0 amide bonds. The van der Waals surface area contributed by atoms with Crippen molar-refractivity contribution in [3.8, 4) is 35.8 Å². The van der Waals surface area contributed by atoms with E-state index in [1.54, 1.807) is 24.8 Å². The molecule has 2 aromatic carbocycles. The highest BCUT2D eigenvalue weighted by atomic mass is 35.5. The summed E-state index contributed by atoms with van der Waals surface area (Å²) in [4.78, 5) is 26.3. The van der Waals surface area contributed by atoms with Crippen LogP contribution in [0.25, 0.3) is 0 Å². The first-order chi connectivity index (χ1) is 25.5. The fraction of sp³-hybridized carbons (Fsp3) is 0.350. The van der Waals surface area contributed by atoms with Crippen LogP contribution in [0.4, 0.5) is 11.6 Å². The molecule has 260 valence electrons. The van der Waals surface area contributed by atoms with E-state index in [-0.39, 0.29) is 12.1 Å². The van der Waals surface area contributed by atoms with Gasteiger partial charge in [0.1, 0.15) is 12.1 Å². The predicted octanol–water partition coefficient (Wildman–Crippen LogP) is 5.41. The van der Waals surface area contributed by atoms with E-state index in [4.69, 9.17) is 23.2 Å². The van der Waals surface area contributed by atoms with Gasteiger partial charge in [0.05, 0.1) is 12.1 Å². The van der Waals surface area contributed by atoms with Gasteiger partial charge in [0.15, 0.2) is 23.0 Å². The molecule has 2 aromatic heterocycles. The molecular formula is C40H36Cl2N10. The molecule has 6 heterocycles. The fourth-order valence-electron chi connectivity index (χ4n) is 7.55. The molecule has 0 N–H and O–H groups in total. The van der Waals surface area contributed by atoms with Crippen LogP contribution in [0.15, 0.2) is 73.3 Å². The second-order valence-electron chi connectivity index (χ2n) is 13.1. The fourth-order valence-corrected chi connectivity index (χ4v) is 7.93. The van der Waals surface area contributed by atoms with Gasteiger partial charge in [-0.05, 0) is 62.1 Å². The molecule has 0 bridgehead atoms. The summed E-state index contributed by atoms with van der Waals surface area (Å²) in [6.07, 6.45) is 10.8. The van der Waals surface area contributed by atoms with Crippen molar-refractivity contribution in [1.29, 1.82) is 10.5 Å². The summed E-state index contributed by atoms with van der Waals surface area (Å²) >= 11 is 12.1. The summed E-state index contributed by atoms with van der Waals surface area (Å²) in [6, 6.07) is 21.1. The molecule has 52 heavy (non-hydrogen) atoms. The maximum Gasteiger partial charge on any atom is 0.183 e. The zero-order valence-electron chi connectivity index (χ0n) is 28.5. The highest BCUT2D eigenvalue weighted by molar-refractivity contribution is 6.31. The lowest BCUT2D eigenvalue weighted by Crippen LogP contribution is -2.52. The number of halogens is 2. The minimum Gasteiger partial charge on any atom is -0.351 e. The number of hydrogen-bond acceptors (Lipinski definition) is 10. The van der Waals surface area contributed by atoms with Crippen molar-refractivity contribution in [3.05, 3.63) is 106 Å². The number of anilines is 2. The third-order valence-corrected chi connectivity index (χ3v) is 10.5. The van der Waals surface area contributed by atoms with Crippen LogP contribution in [0.1, 0.15) is 48.2 Å². The first kappa shape index (κ1) is 35.2. The zero-order chi connectivity index (χ0) is 35.9. The van der Waals surface area contributed by atoms with Crippen LogP contribution in [-0.4, -0.2) is 93.2 Å². The maximum atomic E-state index is 9.26. The molecule has 4 saturated heterocycles. The van der Waals surface area contributed by atoms with Crippen molar-refractivity contribution < 1.29 is 0 Å². The van der Waals surface area contributed by atoms with Gasteiger partial charge in [0.2, 0.25) is 0 Å². The van der Waals surface area contributed by atoms with E-state index in [1.807, 2.05) is 48.5 Å². The van der Waals surface area contributed by atoms with Crippen molar-refractivity contribution in [1.82, 2.24) is 29.7 Å². The predicted molar refractivity (Wildman–Crippen MR) is 202 cm³/mol. The average molecular weight is 728 g/mol. The number of piperazine rings is 2. The molecule has 0 unspecified atom stereocenters. The standard InChI is InChI=1S/2C20H18ClN5/c2*21-16-3-1-2-15(12-16)4-5-17-6-7-18-14-25(10-11-26(17)18)20-19(13-22)23-8-9-24-20/h2*1-3,8-9,12,17-18H,6-7,10-11,14H2/t2*17-,18-/m10/s1. The molecule has 8 rings (SSSR count). The molecule has 0 radical (unpaired) electrons. The smallest absolute Gasteiger partial charge is 0.183 e. The molecule has 10 nitrogen and oxygen atoms in total. The number of aromatic nitrogens is 4. The Hall–Kier alpha value is -5.20. The summed E-state index contributed by atoms with van der Waals surface area (Å²) in [5.41, 5.74) is 2.71. The SMILES string of the molecule is N#Cc1nccnc1N1CCN2[C@@H](CC[C@@H]2C#Cc2cccc(Cl)c2)C1.N#Cc1nccnc1N1CCN2[C@H](CC[C@H]2C#Cc2cccc(Cl)c2)C1. The number of benzene rings is 2. The van der Waals surface area contributed by atoms with Crippen LogP contribution >= 0.6 is 23.2 Å². The molecule has 4 aliphatic heterocycles. The van der Waals surface area contributed by atoms with Gasteiger partial charge in [-0.3, -0.25) is 9.80 Å². The van der Waals surface area contributed by atoms with Crippen molar-refractivity contribution in [3.63, 3.8) is 0 Å². The van der Waals surface area contributed by atoms with Crippen molar-refractivity contribution >= 4 is 34.8 Å². The van der Waals surface area contributed by atoms with Gasteiger partial charge in [0.25, 0.3) is 0 Å². The number of rotatable bonds is 2. The van der Waals surface area contributed by atoms with Gasteiger partial charge < -0.3 is 9.80 Å². The van der Waals surface area contributed by atoms with Crippen molar-refractivity contribution in [2.75, 3.05) is 49.1 Å². The Kier molecular flexibility index (Phi) is 11.1. The Morgan fingerprint density at radius 1 is 0.577 bits per heavy atom. The summed E-state index contributed by atoms with van der Waals surface area (Å²) in [7, 11) is 0. The largest absolute Gasteiger partial charge is 0.351 e. The summed E-state index contributed by atoms with van der Waals surface area (Å²) in [5.74, 6) is 14.8. The topological polar surface area (TPSA) is 112 Å². The van der Waals surface area contributed by atoms with Gasteiger partial charge in [-0.25, -0.2) is 19.9 Å². The highest BCUT2D eigenvalue weighted by Gasteiger charge is 2.38. The van der Waals surface area contributed by atoms with E-state index < -0.39 is 0 Å². The quantitative estimate of drug-likeness (QED) is 0.249. The first-order valence-electron chi connectivity index (χ1n) is 17.5. The lowest BCUT2D eigenvalue weighted by Gasteiger charge is -2.39. The molecule has 0 spiro atoms. The normalized spacial score (nSPS) is 22.2. The van der Waals surface area contributed by atoms with Crippen LogP contribution in [0.3, 0.4) is 0 Å². The lowest BCUT2D eigenvalue weighted by atomic mass is 10.1. The summed E-state index contributed by atoms with van der Waals surface area (Å²) in [5, 5.41) is 19.9. The van der Waals surface area contributed by atoms with Crippen molar-refractivity contribution in [2.45, 2.75) is 49.9 Å². The second-order valence-corrected chi connectivity index (χ2v) is 14.0. The summed E-state index contributed by atoms with van der Waals surface area (Å²) in [6.45, 7) is 5.23. The van der Waals surface area contributed by atoms with E-state index in [0.717, 1.165) is 76.1 Å². The van der Waals surface area contributed by atoms with E-state index in [0.29, 0.717) is 45.2 Å². The van der Waals surface area contributed by atoms with Gasteiger partial charge >= 0.3 is 0 Å². The van der Waals surface area contributed by atoms with E-state index >= 15 is 0 Å². The van der Waals surface area contributed by atoms with E-state index in [1.165, 1.54) is 0 Å². The van der Waals surface area contributed by atoms with Gasteiger partial charge in [-0.1, -0.05) is 59.0 Å². The monoisotopic (exact) mass is 726 g/mol. The van der Waals surface area contributed by atoms with E-state index in [9.17, 15) is 10.5 Å². The van der Waals surface area contributed by atoms with Crippen molar-refractivity contribution in [2.24, 2.45) is 0 Å². The third kappa shape index (κ3) is 8.13. The Bertz CT molecular complexity index is 1970.